The summed E-state index contributed by atoms with van der Waals surface area (Å²) in [4.78, 5) is 16.1. The maximum absolute atomic E-state index is 12.1. The Labute approximate surface area is 98.2 Å². The van der Waals surface area contributed by atoms with Crippen LogP contribution in [0.4, 0.5) is 0 Å². The van der Waals surface area contributed by atoms with Crippen LogP contribution in [0.3, 0.4) is 0 Å². The molecule has 1 rings (SSSR count). The molecule has 4 heteroatoms. The number of hydrogen-bond donors (Lipinski definition) is 1. The van der Waals surface area contributed by atoms with Crippen molar-refractivity contribution < 1.29 is 9.90 Å². The number of aliphatic hydroxyl groups is 1. The molecule has 1 amide bonds. The Morgan fingerprint density at radius 2 is 2.12 bits per heavy atom. The lowest BCUT2D eigenvalue weighted by molar-refractivity contribution is -0.134. The molecular weight excluding hydrogens is 204 g/mol. The van der Waals surface area contributed by atoms with Crippen molar-refractivity contribution >= 4 is 5.91 Å². The highest BCUT2D eigenvalue weighted by Gasteiger charge is 2.30. The van der Waals surface area contributed by atoms with Crippen LogP contribution in [0.25, 0.3) is 0 Å². The van der Waals surface area contributed by atoms with Crippen LogP contribution in [0.1, 0.15) is 26.7 Å². The van der Waals surface area contributed by atoms with E-state index in [2.05, 4.69) is 18.7 Å². The molecule has 0 spiro atoms. The van der Waals surface area contributed by atoms with Crippen molar-refractivity contribution in [1.82, 2.24) is 9.80 Å². The van der Waals surface area contributed by atoms with Crippen LogP contribution < -0.4 is 0 Å². The first kappa shape index (κ1) is 13.5. The van der Waals surface area contributed by atoms with E-state index in [1.807, 2.05) is 7.05 Å². The molecule has 0 aromatic rings. The first-order valence-electron chi connectivity index (χ1n) is 6.16. The van der Waals surface area contributed by atoms with Gasteiger partial charge in [0.1, 0.15) is 0 Å². The fourth-order valence-corrected chi connectivity index (χ4v) is 2.30. The van der Waals surface area contributed by atoms with E-state index in [0.29, 0.717) is 12.3 Å². The molecule has 1 fully saturated rings. The third-order valence-corrected chi connectivity index (χ3v) is 3.04. The molecule has 1 N–H and O–H groups in total. The maximum Gasteiger partial charge on any atom is 0.239 e. The lowest BCUT2D eigenvalue weighted by Gasteiger charge is -2.30. The Bertz CT molecular complexity index is 231. The van der Waals surface area contributed by atoms with Crippen LogP contribution in [0.2, 0.25) is 0 Å². The number of likely N-dealkylation sites (N-methyl/N-ethyl adjacent to an activating group) is 1. The molecular formula is C12H24N2O2. The predicted octanol–water partition coefficient (Wildman–Crippen LogP) is 0.557. The van der Waals surface area contributed by atoms with E-state index in [4.69, 9.17) is 5.11 Å². The van der Waals surface area contributed by atoms with Crippen molar-refractivity contribution in [2.75, 3.05) is 33.3 Å². The van der Waals surface area contributed by atoms with Gasteiger partial charge in [0.25, 0.3) is 0 Å². The molecule has 16 heavy (non-hydrogen) atoms. The van der Waals surface area contributed by atoms with Crippen LogP contribution in [-0.4, -0.2) is 60.1 Å². The minimum Gasteiger partial charge on any atom is -0.396 e. The summed E-state index contributed by atoms with van der Waals surface area (Å²) in [7, 11) is 1.85. The van der Waals surface area contributed by atoms with E-state index >= 15 is 0 Å². The van der Waals surface area contributed by atoms with Crippen LogP contribution in [0.15, 0.2) is 0 Å². The minimum absolute atomic E-state index is 0.0822. The van der Waals surface area contributed by atoms with E-state index < -0.39 is 0 Å². The molecule has 1 heterocycles. The van der Waals surface area contributed by atoms with Crippen LogP contribution in [0.5, 0.6) is 0 Å². The molecule has 1 unspecified atom stereocenters. The molecule has 1 aliphatic rings. The summed E-state index contributed by atoms with van der Waals surface area (Å²) in [6, 6.07) is -0.125. The normalized spacial score (nSPS) is 23.9. The zero-order valence-electron chi connectivity index (χ0n) is 10.6. The van der Waals surface area contributed by atoms with Crippen LogP contribution in [-0.2, 0) is 4.79 Å². The molecule has 0 aromatic heterocycles. The molecule has 0 bridgehead atoms. The second kappa shape index (κ2) is 6.21. The molecule has 0 radical (unpaired) electrons. The Kier molecular flexibility index (Phi) is 5.22. The average molecular weight is 228 g/mol. The van der Waals surface area contributed by atoms with Gasteiger partial charge in [-0.1, -0.05) is 13.8 Å². The van der Waals surface area contributed by atoms with E-state index in [9.17, 15) is 4.79 Å². The summed E-state index contributed by atoms with van der Waals surface area (Å²) in [6.07, 6.45) is 1.58. The average Bonchev–Trinajstić information content (AvgIpc) is 2.33. The summed E-state index contributed by atoms with van der Waals surface area (Å²) in [5, 5.41) is 9.07. The zero-order valence-corrected chi connectivity index (χ0v) is 10.6. The molecule has 1 saturated heterocycles. The number of carbonyl (C=O) groups excluding carboxylic acids is 1. The third kappa shape index (κ3) is 3.46. The zero-order chi connectivity index (χ0) is 12.1. The number of carbonyl (C=O) groups is 1. The van der Waals surface area contributed by atoms with Crippen molar-refractivity contribution in [3.8, 4) is 0 Å². The van der Waals surface area contributed by atoms with Gasteiger partial charge >= 0.3 is 0 Å². The second-order valence-electron chi connectivity index (χ2n) is 5.03. The van der Waals surface area contributed by atoms with Gasteiger partial charge in [-0.25, -0.2) is 0 Å². The van der Waals surface area contributed by atoms with Gasteiger partial charge in [-0.05, 0) is 18.8 Å². The summed E-state index contributed by atoms with van der Waals surface area (Å²) < 4.78 is 0. The lowest BCUT2D eigenvalue weighted by Crippen LogP contribution is -2.46. The fourth-order valence-electron chi connectivity index (χ4n) is 2.30. The molecule has 94 valence electrons. The van der Waals surface area contributed by atoms with Gasteiger partial charge in [-0.2, -0.15) is 0 Å². The monoisotopic (exact) mass is 228 g/mol. The lowest BCUT2D eigenvalue weighted by atomic mass is 10.1. The third-order valence-electron chi connectivity index (χ3n) is 3.04. The van der Waals surface area contributed by atoms with E-state index in [1.165, 1.54) is 0 Å². The van der Waals surface area contributed by atoms with Gasteiger partial charge in [0.15, 0.2) is 0 Å². The van der Waals surface area contributed by atoms with Crippen molar-refractivity contribution in [3.05, 3.63) is 0 Å². The molecule has 0 aromatic carbocycles. The quantitative estimate of drug-likeness (QED) is 0.764. The predicted molar refractivity (Wildman–Crippen MR) is 64.2 cm³/mol. The number of rotatable bonds is 4. The molecule has 1 atom stereocenters. The molecule has 1 aliphatic heterocycles. The van der Waals surface area contributed by atoms with Gasteiger partial charge < -0.3 is 10.0 Å². The number of nitrogens with zero attached hydrogens (tertiary/aromatic N) is 2. The van der Waals surface area contributed by atoms with Crippen LogP contribution >= 0.6 is 0 Å². The Morgan fingerprint density at radius 3 is 2.69 bits per heavy atom. The number of aliphatic hydroxyl groups excluding tert-OH is 1. The van der Waals surface area contributed by atoms with Crippen molar-refractivity contribution in [3.63, 3.8) is 0 Å². The minimum atomic E-state index is -0.125. The molecule has 0 aliphatic carbocycles. The maximum atomic E-state index is 12.1. The second-order valence-corrected chi connectivity index (χ2v) is 5.03. The van der Waals surface area contributed by atoms with Crippen LogP contribution in [0, 0.1) is 5.92 Å². The topological polar surface area (TPSA) is 43.8 Å². The van der Waals surface area contributed by atoms with Gasteiger partial charge in [0.05, 0.1) is 6.04 Å². The number of hydrogen-bond acceptors (Lipinski definition) is 3. The van der Waals surface area contributed by atoms with Gasteiger partial charge in [0, 0.05) is 33.3 Å². The van der Waals surface area contributed by atoms with E-state index in [0.717, 1.165) is 26.1 Å². The smallest absolute Gasteiger partial charge is 0.239 e. The first-order chi connectivity index (χ1) is 7.56. The van der Waals surface area contributed by atoms with Gasteiger partial charge in [0.2, 0.25) is 5.91 Å². The largest absolute Gasteiger partial charge is 0.396 e. The number of amides is 1. The van der Waals surface area contributed by atoms with Gasteiger partial charge in [-0.15, -0.1) is 0 Å². The van der Waals surface area contributed by atoms with Crippen molar-refractivity contribution in [2.45, 2.75) is 32.7 Å². The first-order valence-corrected chi connectivity index (χ1v) is 6.16. The Balaban J connectivity index is 2.73. The Morgan fingerprint density at radius 1 is 1.44 bits per heavy atom. The Hall–Kier alpha value is -0.610. The van der Waals surface area contributed by atoms with Gasteiger partial charge in [-0.3, -0.25) is 9.69 Å². The molecule has 0 saturated carbocycles. The van der Waals surface area contributed by atoms with E-state index in [1.54, 1.807) is 4.90 Å². The SMILES string of the molecule is CC(C)CN1CCCN(C)C(=O)C1CCO. The summed E-state index contributed by atoms with van der Waals surface area (Å²) >= 11 is 0. The highest BCUT2D eigenvalue weighted by Crippen LogP contribution is 2.15. The highest BCUT2D eigenvalue weighted by atomic mass is 16.3. The standard InChI is InChI=1S/C12H24N2O2/c1-10(2)9-14-7-4-6-13(3)12(16)11(14)5-8-15/h10-11,15H,4-9H2,1-3H3. The summed E-state index contributed by atoms with van der Waals surface area (Å²) in [6.45, 7) is 7.13. The summed E-state index contributed by atoms with van der Waals surface area (Å²) in [5.74, 6) is 0.713. The van der Waals surface area contributed by atoms with E-state index in [-0.39, 0.29) is 18.6 Å². The van der Waals surface area contributed by atoms with Crippen molar-refractivity contribution in [2.24, 2.45) is 5.92 Å². The summed E-state index contributed by atoms with van der Waals surface area (Å²) in [5.41, 5.74) is 0. The van der Waals surface area contributed by atoms with Crippen molar-refractivity contribution in [1.29, 1.82) is 0 Å². The molecule has 4 nitrogen and oxygen atoms in total. The fraction of sp³-hybridized carbons (Fsp3) is 0.917. The highest BCUT2D eigenvalue weighted by molar-refractivity contribution is 5.81.